The Hall–Kier alpha value is -4.18. The van der Waals surface area contributed by atoms with Gasteiger partial charge in [0, 0.05) is 24.0 Å². The van der Waals surface area contributed by atoms with Gasteiger partial charge in [-0.3, -0.25) is 9.59 Å². The summed E-state index contributed by atoms with van der Waals surface area (Å²) in [6, 6.07) is 25.1. The van der Waals surface area contributed by atoms with E-state index in [1.807, 2.05) is 38.1 Å². The van der Waals surface area contributed by atoms with E-state index in [1.54, 1.807) is 26.4 Å². The number of fused-ring (bicyclic) bond motifs is 2. The van der Waals surface area contributed by atoms with Crippen LogP contribution in [0.3, 0.4) is 0 Å². The molecule has 0 N–H and O–H groups in total. The lowest BCUT2D eigenvalue weighted by Gasteiger charge is -2.19. The summed E-state index contributed by atoms with van der Waals surface area (Å²) in [5.74, 6) is 0.143. The van der Waals surface area contributed by atoms with Gasteiger partial charge in [0.2, 0.25) is 0 Å². The van der Waals surface area contributed by atoms with Crippen molar-refractivity contribution < 1.29 is 19.1 Å². The number of ketones is 2. The minimum atomic E-state index is 0.0714. The number of ether oxygens (including phenoxy) is 2. The lowest BCUT2D eigenvalue weighted by atomic mass is 9.87. The normalized spacial score (nSPS) is 12.1. The Morgan fingerprint density at radius 3 is 1.39 bits per heavy atom. The third-order valence-corrected chi connectivity index (χ3v) is 6.80. The molecule has 0 saturated carbocycles. The van der Waals surface area contributed by atoms with E-state index in [9.17, 15) is 9.59 Å². The van der Waals surface area contributed by atoms with Crippen molar-refractivity contribution in [3.63, 3.8) is 0 Å². The van der Waals surface area contributed by atoms with Gasteiger partial charge in [-0.15, -0.1) is 0 Å². The highest BCUT2D eigenvalue weighted by Gasteiger charge is 2.17. The van der Waals surface area contributed by atoms with Crippen LogP contribution in [0, 0.1) is 0 Å². The Balaban J connectivity index is 1.86. The van der Waals surface area contributed by atoms with Crippen molar-refractivity contribution in [1.82, 2.24) is 0 Å². The monoisotopic (exact) mass is 506 g/mol. The second-order valence-corrected chi connectivity index (χ2v) is 9.42. The molecular formula is C34H34O4. The Labute approximate surface area is 224 Å². The molecule has 0 fully saturated rings. The number of Topliss-reactive ketones (excluding diaryl/α,β-unsaturated/α-hetero) is 2. The van der Waals surface area contributed by atoms with Crippen molar-refractivity contribution in [3.05, 3.63) is 108 Å². The molecule has 0 aromatic heterocycles. The molecule has 4 rings (SSSR count). The van der Waals surface area contributed by atoms with Gasteiger partial charge in [0.15, 0.2) is 11.6 Å². The highest BCUT2D eigenvalue weighted by Crippen LogP contribution is 2.40. The van der Waals surface area contributed by atoms with Gasteiger partial charge in [0.1, 0.15) is 13.2 Å². The summed E-state index contributed by atoms with van der Waals surface area (Å²) in [5.41, 5.74) is 5.41. The Morgan fingerprint density at radius 1 is 0.605 bits per heavy atom. The van der Waals surface area contributed by atoms with Gasteiger partial charge in [0.05, 0.1) is 12.5 Å². The molecule has 0 atom stereocenters. The molecule has 0 aliphatic carbocycles. The van der Waals surface area contributed by atoms with Gasteiger partial charge >= 0.3 is 0 Å². The zero-order valence-corrected chi connectivity index (χ0v) is 22.5. The summed E-state index contributed by atoms with van der Waals surface area (Å²) in [5, 5.41) is 4.49. The molecular weight excluding hydrogens is 472 g/mol. The minimum absolute atomic E-state index is 0.0714. The van der Waals surface area contributed by atoms with Gasteiger partial charge < -0.3 is 9.47 Å². The molecule has 4 aromatic rings. The smallest absolute Gasteiger partial charge is 0.161 e. The lowest BCUT2D eigenvalue weighted by Crippen LogP contribution is -2.01. The van der Waals surface area contributed by atoms with Crippen LogP contribution in [0.5, 0.6) is 0 Å². The highest BCUT2D eigenvalue weighted by molar-refractivity contribution is 6.07. The number of rotatable bonds is 11. The van der Waals surface area contributed by atoms with Crippen molar-refractivity contribution in [2.75, 3.05) is 0 Å². The average Bonchev–Trinajstić information content (AvgIpc) is 2.95. The van der Waals surface area contributed by atoms with Gasteiger partial charge in [-0.2, -0.15) is 0 Å². The second kappa shape index (κ2) is 12.4. The Morgan fingerprint density at radius 2 is 1.00 bits per heavy atom. The molecule has 0 radical (unpaired) electrons. The van der Waals surface area contributed by atoms with Crippen molar-refractivity contribution >= 4 is 33.1 Å². The molecule has 0 bridgehead atoms. The van der Waals surface area contributed by atoms with Gasteiger partial charge in [-0.1, -0.05) is 86.6 Å². The van der Waals surface area contributed by atoms with E-state index in [0.29, 0.717) is 37.2 Å². The molecule has 0 saturated heterocycles. The first-order valence-corrected chi connectivity index (χ1v) is 13.1. The highest BCUT2D eigenvalue weighted by atomic mass is 16.5. The van der Waals surface area contributed by atoms with E-state index >= 15 is 0 Å². The predicted molar refractivity (Wildman–Crippen MR) is 155 cm³/mol. The van der Waals surface area contributed by atoms with Crippen molar-refractivity contribution in [1.29, 1.82) is 0 Å². The van der Waals surface area contributed by atoms with Crippen LogP contribution >= 0.6 is 0 Å². The van der Waals surface area contributed by atoms with E-state index in [4.69, 9.17) is 9.47 Å². The molecule has 0 unspecified atom stereocenters. The van der Waals surface area contributed by atoms with Gasteiger partial charge in [0.25, 0.3) is 0 Å². The van der Waals surface area contributed by atoms with Crippen LogP contribution in [0.4, 0.5) is 0 Å². The fraction of sp³-hybridized carbons (Fsp3) is 0.235. The summed E-state index contributed by atoms with van der Waals surface area (Å²) in [7, 11) is 0. The third kappa shape index (κ3) is 5.86. The number of hydrogen-bond donors (Lipinski definition) is 0. The summed E-state index contributed by atoms with van der Waals surface area (Å²) in [6.45, 7) is 7.91. The summed E-state index contributed by atoms with van der Waals surface area (Å²) in [4.78, 5) is 24.1. The quantitative estimate of drug-likeness (QED) is 0.151. The summed E-state index contributed by atoms with van der Waals surface area (Å²) >= 11 is 0. The third-order valence-electron chi connectivity index (χ3n) is 6.80. The van der Waals surface area contributed by atoms with Crippen LogP contribution in [0.15, 0.2) is 96.5 Å². The average molecular weight is 507 g/mol. The molecule has 0 aliphatic heterocycles. The van der Waals surface area contributed by atoms with Crippen LogP contribution in [-0.4, -0.2) is 11.6 Å². The standard InChI is InChI=1S/C34H34O4/c1-5-31(35)23(3)19-37-21-27-17-15-25-11-7-9-13-29(25)33(27)34-28(22-38-20-24(4)32(36)6-2)18-16-26-12-8-10-14-30(26)34/h7-20H,5-6,21-22H2,1-4H3/b23-19+,24-20+. The molecule has 4 aromatic carbocycles. The Kier molecular flexibility index (Phi) is 8.75. The van der Waals surface area contributed by atoms with Crippen LogP contribution < -0.4 is 0 Å². The molecule has 4 heteroatoms. The number of hydrogen-bond acceptors (Lipinski definition) is 4. The first kappa shape index (κ1) is 26.9. The Bertz CT molecular complexity index is 1420. The van der Waals surface area contributed by atoms with Crippen LogP contribution in [0.25, 0.3) is 32.7 Å². The van der Waals surface area contributed by atoms with E-state index in [-0.39, 0.29) is 11.6 Å². The van der Waals surface area contributed by atoms with Crippen molar-refractivity contribution in [2.45, 2.75) is 53.8 Å². The SMILES string of the molecule is CCC(=O)/C(C)=C/OCc1ccc2ccccc2c1-c1c(CO/C=C(\C)C(=O)CC)ccc2ccccc12. The van der Waals surface area contributed by atoms with Crippen LogP contribution in [-0.2, 0) is 32.3 Å². The summed E-state index contributed by atoms with van der Waals surface area (Å²) < 4.78 is 11.9. The molecule has 0 spiro atoms. The minimum Gasteiger partial charge on any atom is -0.496 e. The maximum atomic E-state index is 12.0. The van der Waals surface area contributed by atoms with Gasteiger partial charge in [-0.05, 0) is 57.6 Å². The van der Waals surface area contributed by atoms with Crippen LogP contribution in [0.1, 0.15) is 51.7 Å². The van der Waals surface area contributed by atoms with E-state index in [1.165, 1.54) is 0 Å². The molecule has 0 heterocycles. The first-order valence-electron chi connectivity index (χ1n) is 13.1. The fourth-order valence-corrected chi connectivity index (χ4v) is 4.67. The predicted octanol–water partition coefficient (Wildman–Crippen LogP) is 8.46. The largest absolute Gasteiger partial charge is 0.496 e. The maximum Gasteiger partial charge on any atom is 0.161 e. The molecule has 4 nitrogen and oxygen atoms in total. The van der Waals surface area contributed by atoms with Gasteiger partial charge in [-0.25, -0.2) is 0 Å². The van der Waals surface area contributed by atoms with Crippen LogP contribution in [0.2, 0.25) is 0 Å². The van der Waals surface area contributed by atoms with E-state index in [2.05, 4.69) is 48.5 Å². The van der Waals surface area contributed by atoms with Crippen molar-refractivity contribution in [3.8, 4) is 11.1 Å². The summed E-state index contributed by atoms with van der Waals surface area (Å²) in [6.07, 6.45) is 4.03. The number of carbonyl (C=O) groups is 2. The van der Waals surface area contributed by atoms with Crippen molar-refractivity contribution in [2.24, 2.45) is 0 Å². The molecule has 0 amide bonds. The topological polar surface area (TPSA) is 52.6 Å². The first-order chi connectivity index (χ1) is 18.4. The van der Waals surface area contributed by atoms with E-state index in [0.717, 1.165) is 43.8 Å². The second-order valence-electron chi connectivity index (χ2n) is 9.42. The number of carbonyl (C=O) groups excluding carboxylic acids is 2. The molecule has 0 aliphatic rings. The number of allylic oxidation sites excluding steroid dienone is 2. The number of benzene rings is 4. The fourth-order valence-electron chi connectivity index (χ4n) is 4.67. The zero-order valence-electron chi connectivity index (χ0n) is 22.5. The molecule has 194 valence electrons. The lowest BCUT2D eigenvalue weighted by molar-refractivity contribution is -0.116. The maximum absolute atomic E-state index is 12.0. The van der Waals surface area contributed by atoms with E-state index < -0.39 is 0 Å². The molecule has 38 heavy (non-hydrogen) atoms. The zero-order chi connectivity index (χ0) is 27.1.